The van der Waals surface area contributed by atoms with Crippen molar-refractivity contribution in [1.82, 2.24) is 0 Å². The summed E-state index contributed by atoms with van der Waals surface area (Å²) >= 11 is 6.08. The van der Waals surface area contributed by atoms with Crippen molar-refractivity contribution < 1.29 is 19.0 Å². The maximum absolute atomic E-state index is 12.3. The Balaban J connectivity index is 1.61. The number of anilines is 1. The fraction of sp³-hybridized carbons (Fsp3) is 0.318. The Labute approximate surface area is 170 Å². The number of benzene rings is 2. The Morgan fingerprint density at radius 1 is 1.25 bits per heavy atom. The Bertz CT molecular complexity index is 814. The monoisotopic (exact) mass is 401 g/mol. The smallest absolute Gasteiger partial charge is 0.248 e. The van der Waals surface area contributed by atoms with Crippen LogP contribution in [0.15, 0.2) is 48.5 Å². The number of amides is 1. The molecule has 1 fully saturated rings. The molecule has 1 heterocycles. The van der Waals surface area contributed by atoms with Gasteiger partial charge in [0.05, 0.1) is 18.4 Å². The van der Waals surface area contributed by atoms with Crippen LogP contribution in [0.4, 0.5) is 5.69 Å². The third-order valence-electron chi connectivity index (χ3n) is 4.27. The molecule has 1 atom stereocenters. The van der Waals surface area contributed by atoms with E-state index in [9.17, 15) is 4.79 Å². The minimum Gasteiger partial charge on any atom is -0.494 e. The molecule has 0 radical (unpaired) electrons. The molecule has 3 rings (SSSR count). The highest BCUT2D eigenvalue weighted by Gasteiger charge is 2.17. The van der Waals surface area contributed by atoms with Crippen LogP contribution in [0.5, 0.6) is 11.5 Å². The van der Waals surface area contributed by atoms with E-state index in [0.717, 1.165) is 30.8 Å². The minimum absolute atomic E-state index is 0.0961. The van der Waals surface area contributed by atoms with Gasteiger partial charge in [-0.25, -0.2) is 0 Å². The van der Waals surface area contributed by atoms with E-state index in [-0.39, 0.29) is 12.0 Å². The normalized spacial score (nSPS) is 16.3. The second kappa shape index (κ2) is 10.2. The SMILES string of the molecule is CCOc1ccc(C=CC(=O)Nc2cc(Cl)ccc2OCC2CCCO2)cc1. The second-order valence-electron chi connectivity index (χ2n) is 6.41. The quantitative estimate of drug-likeness (QED) is 0.636. The Kier molecular flexibility index (Phi) is 7.34. The highest BCUT2D eigenvalue weighted by Crippen LogP contribution is 2.29. The molecule has 0 bridgehead atoms. The summed E-state index contributed by atoms with van der Waals surface area (Å²) in [6.07, 6.45) is 5.34. The highest BCUT2D eigenvalue weighted by molar-refractivity contribution is 6.31. The van der Waals surface area contributed by atoms with Gasteiger partial charge in [0, 0.05) is 17.7 Å². The van der Waals surface area contributed by atoms with Crippen molar-refractivity contribution >= 4 is 29.3 Å². The van der Waals surface area contributed by atoms with Gasteiger partial charge in [0.1, 0.15) is 18.1 Å². The van der Waals surface area contributed by atoms with Crippen LogP contribution in [0.25, 0.3) is 6.08 Å². The molecule has 0 aromatic heterocycles. The van der Waals surface area contributed by atoms with Crippen LogP contribution in [-0.4, -0.2) is 31.8 Å². The summed E-state index contributed by atoms with van der Waals surface area (Å²) in [6.45, 7) is 3.78. The van der Waals surface area contributed by atoms with E-state index >= 15 is 0 Å². The van der Waals surface area contributed by atoms with Crippen molar-refractivity contribution in [1.29, 1.82) is 0 Å². The van der Waals surface area contributed by atoms with Gasteiger partial charge in [0.15, 0.2) is 0 Å². The van der Waals surface area contributed by atoms with E-state index in [1.807, 2.05) is 31.2 Å². The van der Waals surface area contributed by atoms with Crippen molar-refractivity contribution in [3.8, 4) is 11.5 Å². The van der Waals surface area contributed by atoms with Gasteiger partial charge in [-0.1, -0.05) is 23.7 Å². The van der Waals surface area contributed by atoms with Crippen molar-refractivity contribution in [2.24, 2.45) is 0 Å². The summed E-state index contributed by atoms with van der Waals surface area (Å²) < 4.78 is 16.8. The molecule has 1 N–H and O–H groups in total. The summed E-state index contributed by atoms with van der Waals surface area (Å²) in [6, 6.07) is 12.7. The van der Waals surface area contributed by atoms with E-state index in [4.69, 9.17) is 25.8 Å². The molecule has 1 aliphatic rings. The molecule has 1 saturated heterocycles. The lowest BCUT2D eigenvalue weighted by atomic mass is 10.2. The first-order valence-corrected chi connectivity index (χ1v) is 9.77. The summed E-state index contributed by atoms with van der Waals surface area (Å²) in [4.78, 5) is 12.3. The average molecular weight is 402 g/mol. The summed E-state index contributed by atoms with van der Waals surface area (Å²) in [5.74, 6) is 1.11. The number of nitrogens with one attached hydrogen (secondary N) is 1. The molecule has 6 heteroatoms. The van der Waals surface area contributed by atoms with Crippen LogP contribution in [0.1, 0.15) is 25.3 Å². The molecular weight excluding hydrogens is 378 g/mol. The van der Waals surface area contributed by atoms with Gasteiger partial charge in [-0.2, -0.15) is 0 Å². The maximum Gasteiger partial charge on any atom is 0.248 e. The first-order chi connectivity index (χ1) is 13.6. The van der Waals surface area contributed by atoms with Crippen molar-refractivity contribution in [2.75, 3.05) is 25.1 Å². The van der Waals surface area contributed by atoms with Crippen LogP contribution >= 0.6 is 11.6 Å². The molecule has 1 unspecified atom stereocenters. The number of carbonyl (C=O) groups is 1. The van der Waals surface area contributed by atoms with Gasteiger partial charge in [-0.15, -0.1) is 0 Å². The van der Waals surface area contributed by atoms with E-state index in [0.29, 0.717) is 29.7 Å². The van der Waals surface area contributed by atoms with Crippen LogP contribution < -0.4 is 14.8 Å². The third-order valence-corrected chi connectivity index (χ3v) is 4.50. The van der Waals surface area contributed by atoms with Crippen LogP contribution in [0, 0.1) is 0 Å². The Hall–Kier alpha value is -2.50. The predicted molar refractivity (Wildman–Crippen MR) is 111 cm³/mol. The summed E-state index contributed by atoms with van der Waals surface area (Å²) in [5, 5.41) is 3.35. The molecule has 0 spiro atoms. The Morgan fingerprint density at radius 2 is 2.07 bits per heavy atom. The van der Waals surface area contributed by atoms with Gasteiger partial charge >= 0.3 is 0 Å². The largest absolute Gasteiger partial charge is 0.494 e. The summed E-state index contributed by atoms with van der Waals surface area (Å²) in [5.41, 5.74) is 1.44. The number of hydrogen-bond acceptors (Lipinski definition) is 4. The molecule has 5 nitrogen and oxygen atoms in total. The summed E-state index contributed by atoms with van der Waals surface area (Å²) in [7, 11) is 0. The van der Waals surface area contributed by atoms with Crippen molar-refractivity contribution in [3.63, 3.8) is 0 Å². The van der Waals surface area contributed by atoms with E-state index in [1.165, 1.54) is 6.08 Å². The predicted octanol–water partition coefficient (Wildman–Crippen LogP) is 4.95. The zero-order valence-electron chi connectivity index (χ0n) is 15.8. The molecule has 28 heavy (non-hydrogen) atoms. The molecule has 1 aliphatic heterocycles. The standard InChI is InChI=1S/C22H24ClNO4/c1-2-26-18-9-5-16(6-10-18)7-12-22(25)24-20-14-17(23)8-11-21(20)28-15-19-4-3-13-27-19/h5-12,14,19H,2-4,13,15H2,1H3,(H,24,25). The lowest BCUT2D eigenvalue weighted by molar-refractivity contribution is -0.111. The molecule has 2 aromatic carbocycles. The first-order valence-electron chi connectivity index (χ1n) is 9.40. The van der Waals surface area contributed by atoms with Gasteiger partial charge < -0.3 is 19.5 Å². The maximum atomic E-state index is 12.3. The van der Waals surface area contributed by atoms with Crippen molar-refractivity contribution in [2.45, 2.75) is 25.9 Å². The average Bonchev–Trinajstić information content (AvgIpc) is 3.21. The molecule has 0 aliphatic carbocycles. The number of rotatable bonds is 8. The molecular formula is C22H24ClNO4. The molecule has 0 saturated carbocycles. The van der Waals surface area contributed by atoms with Gasteiger partial charge in [-0.05, 0) is 61.7 Å². The lowest BCUT2D eigenvalue weighted by Gasteiger charge is -2.15. The van der Waals surface area contributed by atoms with E-state index < -0.39 is 0 Å². The minimum atomic E-state index is -0.266. The van der Waals surface area contributed by atoms with Crippen molar-refractivity contribution in [3.05, 3.63) is 59.1 Å². The lowest BCUT2D eigenvalue weighted by Crippen LogP contribution is -2.17. The van der Waals surface area contributed by atoms with E-state index in [2.05, 4.69) is 5.32 Å². The van der Waals surface area contributed by atoms with Crippen LogP contribution in [0.2, 0.25) is 5.02 Å². The van der Waals surface area contributed by atoms with Crippen LogP contribution in [-0.2, 0) is 9.53 Å². The Morgan fingerprint density at radius 3 is 2.79 bits per heavy atom. The number of halogens is 1. The fourth-order valence-corrected chi connectivity index (χ4v) is 3.04. The van der Waals surface area contributed by atoms with Gasteiger partial charge in [0.25, 0.3) is 0 Å². The van der Waals surface area contributed by atoms with Crippen LogP contribution in [0.3, 0.4) is 0 Å². The number of carbonyl (C=O) groups excluding carboxylic acids is 1. The topological polar surface area (TPSA) is 56.8 Å². The zero-order valence-corrected chi connectivity index (χ0v) is 16.6. The van der Waals surface area contributed by atoms with Gasteiger partial charge in [-0.3, -0.25) is 4.79 Å². The van der Waals surface area contributed by atoms with E-state index in [1.54, 1.807) is 24.3 Å². The number of hydrogen-bond donors (Lipinski definition) is 1. The second-order valence-corrected chi connectivity index (χ2v) is 6.85. The molecule has 2 aromatic rings. The molecule has 1 amide bonds. The van der Waals surface area contributed by atoms with Gasteiger partial charge in [0.2, 0.25) is 5.91 Å². The fourth-order valence-electron chi connectivity index (χ4n) is 2.87. The first kappa shape index (κ1) is 20.2. The number of ether oxygens (including phenoxy) is 3. The molecule has 148 valence electrons. The zero-order chi connectivity index (χ0) is 19.8. The third kappa shape index (κ3) is 6.01. The highest BCUT2D eigenvalue weighted by atomic mass is 35.5.